The fraction of sp³-hybridized carbons (Fsp3) is 0.571. The van der Waals surface area contributed by atoms with Crippen molar-refractivity contribution >= 4 is 15.7 Å². The van der Waals surface area contributed by atoms with Gasteiger partial charge in [0, 0.05) is 12.6 Å². The second-order valence-electron chi connectivity index (χ2n) is 5.05. The second-order valence-corrected chi connectivity index (χ2v) is 6.74. The number of hydrogen-bond donors (Lipinski definition) is 2. The summed E-state index contributed by atoms with van der Waals surface area (Å²) >= 11 is 0. The molecule has 2 N–H and O–H groups in total. The Hall–Kier alpha value is -1.07. The number of nitrogens with one attached hydrogen (secondary N) is 2. The number of sulfonamides is 1. The van der Waals surface area contributed by atoms with E-state index in [1.807, 2.05) is 12.1 Å². The molecule has 0 heterocycles. The molecular weight excluding hydrogens is 260 g/mol. The molecule has 1 aromatic carbocycles. The lowest BCUT2D eigenvalue weighted by Crippen LogP contribution is -2.27. The molecule has 0 aromatic heterocycles. The van der Waals surface area contributed by atoms with Gasteiger partial charge in [0.2, 0.25) is 10.0 Å². The zero-order chi connectivity index (χ0) is 13.9. The quantitative estimate of drug-likeness (QED) is 0.808. The number of benzene rings is 1. The van der Waals surface area contributed by atoms with Gasteiger partial charge in [0.05, 0.1) is 5.69 Å². The first-order valence-corrected chi connectivity index (χ1v) is 8.42. The van der Waals surface area contributed by atoms with Gasteiger partial charge in [-0.25, -0.2) is 13.1 Å². The van der Waals surface area contributed by atoms with Gasteiger partial charge in [-0.2, -0.15) is 0 Å². The Balaban J connectivity index is 2.15. The van der Waals surface area contributed by atoms with Crippen LogP contribution in [0.2, 0.25) is 0 Å². The molecule has 19 heavy (non-hydrogen) atoms. The summed E-state index contributed by atoms with van der Waals surface area (Å²) in [4.78, 5) is 0.352. The molecule has 1 fully saturated rings. The monoisotopic (exact) mass is 282 g/mol. The highest BCUT2D eigenvalue weighted by Gasteiger charge is 2.39. The van der Waals surface area contributed by atoms with Crippen LogP contribution < -0.4 is 10.0 Å². The fourth-order valence-corrected chi connectivity index (χ4v) is 3.71. The molecule has 2 unspecified atom stereocenters. The Morgan fingerprint density at radius 2 is 2.00 bits per heavy atom. The van der Waals surface area contributed by atoms with Gasteiger partial charge in [0.1, 0.15) is 4.90 Å². The molecule has 1 saturated carbocycles. The van der Waals surface area contributed by atoms with E-state index in [1.165, 1.54) is 0 Å². The van der Waals surface area contributed by atoms with Crippen LogP contribution in [0.3, 0.4) is 0 Å². The summed E-state index contributed by atoms with van der Waals surface area (Å²) < 4.78 is 27.6. The molecule has 1 aromatic rings. The number of para-hydroxylation sites is 1. The summed E-state index contributed by atoms with van der Waals surface area (Å²) in [7, 11) is -3.41. The van der Waals surface area contributed by atoms with Crippen molar-refractivity contribution in [1.82, 2.24) is 4.72 Å². The van der Waals surface area contributed by atoms with Gasteiger partial charge in [0.25, 0.3) is 0 Å². The first-order chi connectivity index (χ1) is 9.08. The van der Waals surface area contributed by atoms with Gasteiger partial charge in [-0.3, -0.25) is 0 Å². The van der Waals surface area contributed by atoms with Gasteiger partial charge in [-0.05, 0) is 30.9 Å². The van der Waals surface area contributed by atoms with Crippen molar-refractivity contribution in [3.05, 3.63) is 24.3 Å². The van der Waals surface area contributed by atoms with Gasteiger partial charge in [-0.15, -0.1) is 0 Å². The number of rotatable bonds is 7. The summed E-state index contributed by atoms with van der Waals surface area (Å²) in [6.07, 6.45) is 2.95. The Labute approximate surface area is 115 Å². The third-order valence-electron chi connectivity index (χ3n) is 3.50. The lowest BCUT2D eigenvalue weighted by atomic mass is 10.3. The van der Waals surface area contributed by atoms with Crippen molar-refractivity contribution in [3.63, 3.8) is 0 Å². The van der Waals surface area contributed by atoms with Crippen LogP contribution in [0, 0.1) is 5.92 Å². The van der Waals surface area contributed by atoms with E-state index < -0.39 is 10.0 Å². The molecule has 0 radical (unpaired) electrons. The molecular formula is C14H22N2O2S. The maximum Gasteiger partial charge on any atom is 0.242 e. The van der Waals surface area contributed by atoms with Crippen molar-refractivity contribution in [2.45, 2.75) is 44.0 Å². The predicted molar refractivity (Wildman–Crippen MR) is 77.7 cm³/mol. The van der Waals surface area contributed by atoms with Crippen LogP contribution in [0.1, 0.15) is 33.1 Å². The van der Waals surface area contributed by atoms with E-state index in [1.54, 1.807) is 12.1 Å². The molecule has 2 atom stereocenters. The molecule has 0 saturated heterocycles. The Kier molecular flexibility index (Phi) is 4.47. The van der Waals surface area contributed by atoms with Crippen LogP contribution in [-0.4, -0.2) is 21.0 Å². The topological polar surface area (TPSA) is 58.2 Å². The summed E-state index contributed by atoms with van der Waals surface area (Å²) in [5, 5.41) is 3.17. The zero-order valence-electron chi connectivity index (χ0n) is 11.5. The molecule has 106 valence electrons. The van der Waals surface area contributed by atoms with E-state index in [0.29, 0.717) is 16.5 Å². The highest BCUT2D eigenvalue weighted by Crippen LogP contribution is 2.35. The first kappa shape index (κ1) is 14.3. The Morgan fingerprint density at radius 1 is 1.26 bits per heavy atom. The van der Waals surface area contributed by atoms with Crippen LogP contribution in [0.5, 0.6) is 0 Å². The van der Waals surface area contributed by atoms with E-state index in [9.17, 15) is 8.42 Å². The summed E-state index contributed by atoms with van der Waals surface area (Å²) in [5.74, 6) is 0.505. The van der Waals surface area contributed by atoms with Crippen molar-refractivity contribution in [2.75, 3.05) is 11.9 Å². The highest BCUT2D eigenvalue weighted by atomic mass is 32.2. The molecule has 1 aliphatic rings. The van der Waals surface area contributed by atoms with Crippen molar-refractivity contribution in [3.8, 4) is 0 Å². The fourth-order valence-electron chi connectivity index (χ4n) is 2.21. The van der Waals surface area contributed by atoms with Crippen LogP contribution in [0.4, 0.5) is 5.69 Å². The minimum Gasteiger partial charge on any atom is -0.384 e. The van der Waals surface area contributed by atoms with Crippen molar-refractivity contribution < 1.29 is 8.42 Å². The minimum absolute atomic E-state index is 0.120. The minimum atomic E-state index is -3.41. The smallest absolute Gasteiger partial charge is 0.242 e. The average Bonchev–Trinajstić information content (AvgIpc) is 3.14. The maximum absolute atomic E-state index is 12.4. The molecule has 0 spiro atoms. The van der Waals surface area contributed by atoms with Crippen molar-refractivity contribution in [1.29, 1.82) is 0 Å². The van der Waals surface area contributed by atoms with Gasteiger partial charge in [-0.1, -0.05) is 32.4 Å². The van der Waals surface area contributed by atoms with E-state index >= 15 is 0 Å². The van der Waals surface area contributed by atoms with Crippen LogP contribution in [0.25, 0.3) is 0 Å². The lowest BCUT2D eigenvalue weighted by molar-refractivity contribution is 0.576. The van der Waals surface area contributed by atoms with Crippen LogP contribution in [-0.2, 0) is 10.0 Å². The predicted octanol–water partition coefficient (Wildman–Crippen LogP) is 2.59. The average molecular weight is 282 g/mol. The lowest BCUT2D eigenvalue weighted by Gasteiger charge is -2.12. The first-order valence-electron chi connectivity index (χ1n) is 6.93. The van der Waals surface area contributed by atoms with Gasteiger partial charge >= 0.3 is 0 Å². The summed E-state index contributed by atoms with van der Waals surface area (Å²) in [6, 6.07) is 7.20. The molecule has 0 aliphatic heterocycles. The van der Waals surface area contributed by atoms with E-state index in [-0.39, 0.29) is 6.04 Å². The summed E-state index contributed by atoms with van der Waals surface area (Å²) in [5.41, 5.74) is 0.686. The molecule has 5 heteroatoms. The standard InChI is InChI=1S/C14H22N2O2S/c1-3-9-15-12-7-5-6-8-14(12)19(17,18)16-13-10-11(13)4-2/h5-8,11,13,15-16H,3-4,9-10H2,1-2H3. The third kappa shape index (κ3) is 3.48. The van der Waals surface area contributed by atoms with Crippen molar-refractivity contribution in [2.24, 2.45) is 5.92 Å². The third-order valence-corrected chi connectivity index (χ3v) is 5.04. The summed E-state index contributed by atoms with van der Waals surface area (Å²) in [6.45, 7) is 4.92. The Morgan fingerprint density at radius 3 is 2.63 bits per heavy atom. The Bertz CT molecular complexity index is 528. The molecule has 0 bridgehead atoms. The van der Waals surface area contributed by atoms with Gasteiger partial charge in [0.15, 0.2) is 0 Å². The largest absolute Gasteiger partial charge is 0.384 e. The van der Waals surface area contributed by atoms with E-state index in [2.05, 4.69) is 23.9 Å². The molecule has 4 nitrogen and oxygen atoms in total. The SMILES string of the molecule is CCCNc1ccccc1S(=O)(=O)NC1CC1CC. The normalized spacial score (nSPS) is 22.2. The maximum atomic E-state index is 12.4. The van der Waals surface area contributed by atoms with Gasteiger partial charge < -0.3 is 5.32 Å². The second kappa shape index (κ2) is 5.92. The highest BCUT2D eigenvalue weighted by molar-refractivity contribution is 7.89. The van der Waals surface area contributed by atoms with E-state index in [4.69, 9.17) is 0 Å². The number of hydrogen-bond acceptors (Lipinski definition) is 3. The van der Waals surface area contributed by atoms with E-state index in [0.717, 1.165) is 25.8 Å². The number of anilines is 1. The van der Waals surface area contributed by atoms with Crippen LogP contribution in [0.15, 0.2) is 29.2 Å². The van der Waals surface area contributed by atoms with Crippen LogP contribution >= 0.6 is 0 Å². The molecule has 2 rings (SSSR count). The molecule has 0 amide bonds. The molecule has 1 aliphatic carbocycles. The zero-order valence-corrected chi connectivity index (χ0v) is 12.3.